The zero-order valence-corrected chi connectivity index (χ0v) is 13.4. The van der Waals surface area contributed by atoms with Crippen molar-refractivity contribution in [3.05, 3.63) is 0 Å². The molecule has 0 atom stereocenters. The Labute approximate surface area is 90.9 Å². The SMILES string of the molecule is CO[SiH](OC)O[Si](C)(C)O[Si](C)(C)C. The van der Waals surface area contributed by atoms with Gasteiger partial charge in [0.1, 0.15) is 0 Å². The van der Waals surface area contributed by atoms with Crippen molar-refractivity contribution in [2.75, 3.05) is 14.2 Å². The van der Waals surface area contributed by atoms with Crippen molar-refractivity contribution < 1.29 is 17.1 Å². The van der Waals surface area contributed by atoms with Gasteiger partial charge in [-0.05, 0) is 32.7 Å². The number of rotatable bonds is 6. The Bertz CT molecular complexity index is 165. The van der Waals surface area contributed by atoms with Crippen LogP contribution in [0.1, 0.15) is 0 Å². The lowest BCUT2D eigenvalue weighted by atomic mass is 11.8. The molecule has 0 unspecified atom stereocenters. The van der Waals surface area contributed by atoms with E-state index in [1.165, 1.54) is 0 Å². The molecule has 0 aliphatic rings. The molecule has 0 aromatic heterocycles. The fraction of sp³-hybridized carbons (Fsp3) is 1.00. The van der Waals surface area contributed by atoms with Crippen molar-refractivity contribution in [2.45, 2.75) is 32.7 Å². The molecule has 0 rings (SSSR count). The predicted octanol–water partition coefficient (Wildman–Crippen LogP) is 1.57. The molecule has 14 heavy (non-hydrogen) atoms. The lowest BCUT2D eigenvalue weighted by Crippen LogP contribution is -2.49. The van der Waals surface area contributed by atoms with Crippen LogP contribution in [0.5, 0.6) is 0 Å². The number of hydrogen-bond donors (Lipinski definition) is 0. The Balaban J connectivity index is 4.18. The van der Waals surface area contributed by atoms with Gasteiger partial charge in [0.25, 0.3) is 0 Å². The van der Waals surface area contributed by atoms with Crippen LogP contribution in [-0.2, 0) is 17.1 Å². The fourth-order valence-corrected chi connectivity index (χ4v) is 10.5. The molecule has 0 spiro atoms. The molecule has 0 saturated heterocycles. The zero-order chi connectivity index (χ0) is 11.4. The average molecular weight is 255 g/mol. The molecule has 0 heterocycles. The van der Waals surface area contributed by atoms with Gasteiger partial charge < -0.3 is 17.1 Å². The van der Waals surface area contributed by atoms with Gasteiger partial charge in [-0.3, -0.25) is 0 Å². The maximum atomic E-state index is 5.99. The Morgan fingerprint density at radius 3 is 1.57 bits per heavy atom. The van der Waals surface area contributed by atoms with E-state index in [1.54, 1.807) is 14.2 Å². The molecule has 4 nitrogen and oxygen atoms in total. The summed E-state index contributed by atoms with van der Waals surface area (Å²) in [6.45, 7) is 10.5. The molecule has 0 amide bonds. The molecule has 0 aliphatic heterocycles. The van der Waals surface area contributed by atoms with Gasteiger partial charge in [-0.2, -0.15) is 0 Å². The van der Waals surface area contributed by atoms with Crippen LogP contribution in [0.3, 0.4) is 0 Å². The largest absolute Gasteiger partial charge is 0.474 e. The Morgan fingerprint density at radius 2 is 1.29 bits per heavy atom. The maximum Gasteiger partial charge on any atom is 0.474 e. The summed E-state index contributed by atoms with van der Waals surface area (Å²) < 4.78 is 22.0. The average Bonchev–Trinajstić information content (AvgIpc) is 1.95. The summed E-state index contributed by atoms with van der Waals surface area (Å²) in [4.78, 5) is 0. The molecule has 0 aliphatic carbocycles. The molecule has 0 aromatic rings. The first kappa shape index (κ1) is 14.5. The lowest BCUT2D eigenvalue weighted by Gasteiger charge is -2.32. The highest BCUT2D eigenvalue weighted by Gasteiger charge is 2.35. The van der Waals surface area contributed by atoms with E-state index in [-0.39, 0.29) is 0 Å². The monoisotopic (exact) mass is 254 g/mol. The lowest BCUT2D eigenvalue weighted by molar-refractivity contribution is 0.184. The van der Waals surface area contributed by atoms with E-state index in [2.05, 4.69) is 19.6 Å². The molecule has 86 valence electrons. The van der Waals surface area contributed by atoms with Crippen LogP contribution in [0.2, 0.25) is 32.7 Å². The highest BCUT2D eigenvalue weighted by Crippen LogP contribution is 2.16. The van der Waals surface area contributed by atoms with Crippen molar-refractivity contribution in [1.29, 1.82) is 0 Å². The molecule has 0 aromatic carbocycles. The van der Waals surface area contributed by atoms with Crippen LogP contribution in [-0.4, -0.2) is 40.6 Å². The van der Waals surface area contributed by atoms with Crippen molar-refractivity contribution >= 4 is 26.4 Å². The van der Waals surface area contributed by atoms with Crippen LogP contribution >= 0.6 is 0 Å². The highest BCUT2D eigenvalue weighted by molar-refractivity contribution is 6.83. The van der Waals surface area contributed by atoms with Gasteiger partial charge >= 0.3 is 18.1 Å². The highest BCUT2D eigenvalue weighted by atomic mass is 28.5. The normalized spacial score (nSPS) is 13.7. The van der Waals surface area contributed by atoms with E-state index in [0.717, 1.165) is 0 Å². The standard InChI is InChI=1S/C7H22O4Si3/c1-8-12(9-2)10-14(6,7)11-13(3,4)5/h12H,1-7H3. The van der Waals surface area contributed by atoms with Gasteiger partial charge in [0.2, 0.25) is 0 Å². The first-order chi connectivity index (χ1) is 6.20. The van der Waals surface area contributed by atoms with Crippen molar-refractivity contribution in [3.8, 4) is 0 Å². The minimum Gasteiger partial charge on any atom is -0.437 e. The maximum absolute atomic E-state index is 5.99. The third-order valence-corrected chi connectivity index (χ3v) is 9.54. The summed E-state index contributed by atoms with van der Waals surface area (Å²) in [5.74, 6) is 0. The van der Waals surface area contributed by atoms with Gasteiger partial charge in [-0.15, -0.1) is 0 Å². The van der Waals surface area contributed by atoms with Crippen LogP contribution in [0.4, 0.5) is 0 Å². The van der Waals surface area contributed by atoms with Gasteiger partial charge in [-0.25, -0.2) is 0 Å². The van der Waals surface area contributed by atoms with Crippen molar-refractivity contribution in [2.24, 2.45) is 0 Å². The smallest absolute Gasteiger partial charge is 0.437 e. The van der Waals surface area contributed by atoms with E-state index in [1.807, 2.05) is 13.1 Å². The molecular weight excluding hydrogens is 232 g/mol. The first-order valence-electron chi connectivity index (χ1n) is 4.64. The van der Waals surface area contributed by atoms with Gasteiger partial charge in [0, 0.05) is 14.2 Å². The van der Waals surface area contributed by atoms with Crippen molar-refractivity contribution in [3.63, 3.8) is 0 Å². The van der Waals surface area contributed by atoms with Crippen LogP contribution < -0.4 is 0 Å². The Hall–Kier alpha value is 0.491. The third kappa shape index (κ3) is 6.87. The number of hydrogen-bond acceptors (Lipinski definition) is 4. The Morgan fingerprint density at radius 1 is 0.857 bits per heavy atom. The molecule has 0 radical (unpaired) electrons. The second-order valence-corrected chi connectivity index (χ2v) is 14.8. The first-order valence-corrected chi connectivity index (χ1v) is 12.3. The summed E-state index contributed by atoms with van der Waals surface area (Å²) >= 11 is 0. The molecule has 7 heteroatoms. The molecule has 0 bridgehead atoms. The second kappa shape index (κ2) is 5.54. The summed E-state index contributed by atoms with van der Waals surface area (Å²) in [7, 11) is -2.33. The molecule has 0 fully saturated rings. The molecule has 0 N–H and O–H groups in total. The van der Waals surface area contributed by atoms with E-state index in [0.29, 0.717) is 0 Å². The van der Waals surface area contributed by atoms with Gasteiger partial charge in [0.05, 0.1) is 0 Å². The summed E-state index contributed by atoms with van der Waals surface area (Å²) in [5, 5.41) is 0. The second-order valence-electron chi connectivity index (χ2n) is 4.49. The minimum atomic E-state index is -2.07. The summed E-state index contributed by atoms with van der Waals surface area (Å²) in [6.07, 6.45) is 0. The predicted molar refractivity (Wildman–Crippen MR) is 64.2 cm³/mol. The van der Waals surface area contributed by atoms with E-state index in [9.17, 15) is 0 Å². The van der Waals surface area contributed by atoms with E-state index >= 15 is 0 Å². The zero-order valence-electron chi connectivity index (χ0n) is 10.2. The van der Waals surface area contributed by atoms with Gasteiger partial charge in [0.15, 0.2) is 8.32 Å². The van der Waals surface area contributed by atoms with Gasteiger partial charge in [-0.1, -0.05) is 0 Å². The molecular formula is C7H22O4Si3. The third-order valence-electron chi connectivity index (χ3n) is 1.32. The summed E-state index contributed by atoms with van der Waals surface area (Å²) in [6, 6.07) is 0. The van der Waals surface area contributed by atoms with E-state index < -0.39 is 26.4 Å². The molecule has 0 saturated carbocycles. The van der Waals surface area contributed by atoms with E-state index in [4.69, 9.17) is 17.1 Å². The van der Waals surface area contributed by atoms with Crippen LogP contribution in [0, 0.1) is 0 Å². The minimum absolute atomic E-state index is 1.54. The summed E-state index contributed by atoms with van der Waals surface area (Å²) in [5.41, 5.74) is 0. The topological polar surface area (TPSA) is 36.9 Å². The Kier molecular flexibility index (Phi) is 5.73. The quantitative estimate of drug-likeness (QED) is 0.674. The van der Waals surface area contributed by atoms with Crippen molar-refractivity contribution in [1.82, 2.24) is 0 Å². The fourth-order valence-electron chi connectivity index (χ4n) is 1.19. The van der Waals surface area contributed by atoms with Crippen LogP contribution in [0.25, 0.3) is 0 Å². The van der Waals surface area contributed by atoms with Crippen LogP contribution in [0.15, 0.2) is 0 Å².